The molecule has 0 bridgehead atoms. The molecular formula is C11H15NO2. The number of ether oxygens (including phenoxy) is 1. The van der Waals surface area contributed by atoms with Crippen molar-refractivity contribution in [3.63, 3.8) is 0 Å². The Hall–Kier alpha value is -1.38. The van der Waals surface area contributed by atoms with Gasteiger partial charge in [-0.2, -0.15) is 0 Å². The molecule has 76 valence electrons. The summed E-state index contributed by atoms with van der Waals surface area (Å²) in [6.45, 7) is 5.71. The maximum atomic E-state index is 11.3. The van der Waals surface area contributed by atoms with Gasteiger partial charge in [-0.15, -0.1) is 0 Å². The molecule has 0 saturated heterocycles. The van der Waals surface area contributed by atoms with Gasteiger partial charge in [0.05, 0.1) is 6.10 Å². The van der Waals surface area contributed by atoms with Crippen LogP contribution in [0.1, 0.15) is 37.6 Å². The van der Waals surface area contributed by atoms with E-state index in [9.17, 15) is 4.79 Å². The molecule has 1 heterocycles. The van der Waals surface area contributed by atoms with E-state index in [2.05, 4.69) is 4.98 Å². The number of aromatic nitrogens is 1. The van der Waals surface area contributed by atoms with E-state index in [0.717, 1.165) is 0 Å². The number of hydrogen-bond donors (Lipinski definition) is 0. The van der Waals surface area contributed by atoms with Crippen molar-refractivity contribution >= 4 is 5.78 Å². The van der Waals surface area contributed by atoms with E-state index in [1.165, 1.54) is 0 Å². The first-order valence-corrected chi connectivity index (χ1v) is 4.79. The summed E-state index contributed by atoms with van der Waals surface area (Å²) in [7, 11) is 0. The number of nitrogens with zero attached hydrogens (tertiary/aromatic N) is 1. The molecule has 14 heavy (non-hydrogen) atoms. The highest BCUT2D eigenvalue weighted by Gasteiger charge is 2.04. The summed E-state index contributed by atoms with van der Waals surface area (Å²) in [4.78, 5) is 15.3. The fourth-order valence-electron chi connectivity index (χ4n) is 1.06. The smallest absolute Gasteiger partial charge is 0.213 e. The van der Waals surface area contributed by atoms with E-state index in [-0.39, 0.29) is 11.9 Å². The lowest BCUT2D eigenvalue weighted by Crippen LogP contribution is -2.07. The second-order valence-corrected chi connectivity index (χ2v) is 3.33. The molecule has 1 aromatic rings. The summed E-state index contributed by atoms with van der Waals surface area (Å²) >= 11 is 0. The zero-order chi connectivity index (χ0) is 10.6. The quantitative estimate of drug-likeness (QED) is 0.689. The van der Waals surface area contributed by atoms with Gasteiger partial charge < -0.3 is 4.74 Å². The molecule has 0 saturated carbocycles. The zero-order valence-corrected chi connectivity index (χ0v) is 8.78. The highest BCUT2D eigenvalue weighted by atomic mass is 16.5. The SMILES string of the molecule is CCC(=O)c1ccc(OC(C)C)nc1. The van der Waals surface area contributed by atoms with Crippen LogP contribution in [0.5, 0.6) is 5.88 Å². The van der Waals surface area contributed by atoms with Crippen molar-refractivity contribution in [2.45, 2.75) is 33.3 Å². The molecule has 0 aliphatic heterocycles. The topological polar surface area (TPSA) is 39.2 Å². The van der Waals surface area contributed by atoms with E-state index in [0.29, 0.717) is 17.9 Å². The number of carbonyl (C=O) groups is 1. The molecule has 1 aromatic heterocycles. The average molecular weight is 193 g/mol. The van der Waals surface area contributed by atoms with Crippen LogP contribution in [0.3, 0.4) is 0 Å². The number of pyridine rings is 1. The molecule has 0 N–H and O–H groups in total. The summed E-state index contributed by atoms with van der Waals surface area (Å²) in [6, 6.07) is 3.47. The number of carbonyl (C=O) groups excluding carboxylic acids is 1. The molecule has 0 spiro atoms. The van der Waals surface area contributed by atoms with Crippen molar-refractivity contribution in [2.75, 3.05) is 0 Å². The van der Waals surface area contributed by atoms with E-state index < -0.39 is 0 Å². The Morgan fingerprint density at radius 1 is 1.50 bits per heavy atom. The van der Waals surface area contributed by atoms with Crippen LogP contribution in [0, 0.1) is 0 Å². The van der Waals surface area contributed by atoms with Gasteiger partial charge in [-0.1, -0.05) is 6.92 Å². The summed E-state index contributed by atoms with van der Waals surface area (Å²) in [5, 5.41) is 0. The standard InChI is InChI=1S/C11H15NO2/c1-4-10(13)9-5-6-11(12-7-9)14-8(2)3/h5-8H,4H2,1-3H3. The van der Waals surface area contributed by atoms with Crippen LogP contribution in [-0.2, 0) is 0 Å². The third-order valence-corrected chi connectivity index (χ3v) is 1.74. The van der Waals surface area contributed by atoms with Gasteiger partial charge in [-0.25, -0.2) is 4.98 Å². The lowest BCUT2D eigenvalue weighted by molar-refractivity contribution is 0.0987. The van der Waals surface area contributed by atoms with Gasteiger partial charge in [-0.3, -0.25) is 4.79 Å². The molecule has 3 nitrogen and oxygen atoms in total. The molecule has 0 fully saturated rings. The molecule has 0 radical (unpaired) electrons. The van der Waals surface area contributed by atoms with E-state index in [4.69, 9.17) is 4.74 Å². The van der Waals surface area contributed by atoms with Crippen molar-refractivity contribution in [2.24, 2.45) is 0 Å². The molecule has 0 atom stereocenters. The zero-order valence-electron chi connectivity index (χ0n) is 8.78. The Kier molecular flexibility index (Phi) is 3.63. The van der Waals surface area contributed by atoms with E-state index >= 15 is 0 Å². The maximum absolute atomic E-state index is 11.3. The second-order valence-electron chi connectivity index (χ2n) is 3.33. The lowest BCUT2D eigenvalue weighted by atomic mass is 10.1. The number of hydrogen-bond acceptors (Lipinski definition) is 3. The Balaban J connectivity index is 2.73. The second kappa shape index (κ2) is 4.74. The minimum absolute atomic E-state index is 0.105. The normalized spacial score (nSPS) is 10.3. The molecule has 0 aliphatic rings. The highest BCUT2D eigenvalue weighted by Crippen LogP contribution is 2.10. The van der Waals surface area contributed by atoms with Crippen molar-refractivity contribution in [1.82, 2.24) is 4.98 Å². The summed E-state index contributed by atoms with van der Waals surface area (Å²) in [6.07, 6.45) is 2.17. The van der Waals surface area contributed by atoms with Gasteiger partial charge in [0.15, 0.2) is 5.78 Å². The van der Waals surface area contributed by atoms with Crippen LogP contribution in [0.2, 0.25) is 0 Å². The average Bonchev–Trinajstić information content (AvgIpc) is 2.17. The fourth-order valence-corrected chi connectivity index (χ4v) is 1.06. The van der Waals surface area contributed by atoms with Crippen molar-refractivity contribution in [3.05, 3.63) is 23.9 Å². The third kappa shape index (κ3) is 2.83. The van der Waals surface area contributed by atoms with Crippen LogP contribution in [-0.4, -0.2) is 16.9 Å². The minimum atomic E-state index is 0.105. The van der Waals surface area contributed by atoms with Crippen molar-refractivity contribution < 1.29 is 9.53 Å². The van der Waals surface area contributed by atoms with Crippen LogP contribution in [0.25, 0.3) is 0 Å². The maximum Gasteiger partial charge on any atom is 0.213 e. The fraction of sp³-hybridized carbons (Fsp3) is 0.455. The highest BCUT2D eigenvalue weighted by molar-refractivity contribution is 5.95. The molecule has 0 amide bonds. The largest absolute Gasteiger partial charge is 0.475 e. The molecule has 3 heteroatoms. The molecule has 0 aliphatic carbocycles. The van der Waals surface area contributed by atoms with Crippen LogP contribution in [0.4, 0.5) is 0 Å². The van der Waals surface area contributed by atoms with Crippen molar-refractivity contribution in [3.8, 4) is 5.88 Å². The predicted molar refractivity (Wildman–Crippen MR) is 54.6 cm³/mol. The first-order valence-electron chi connectivity index (χ1n) is 4.79. The van der Waals surface area contributed by atoms with Gasteiger partial charge >= 0.3 is 0 Å². The Bertz CT molecular complexity index is 304. The van der Waals surface area contributed by atoms with Crippen LogP contribution >= 0.6 is 0 Å². The molecule has 1 rings (SSSR count). The Labute approximate surface area is 84.1 Å². The van der Waals surface area contributed by atoms with E-state index in [1.54, 1.807) is 18.3 Å². The van der Waals surface area contributed by atoms with Crippen molar-refractivity contribution in [1.29, 1.82) is 0 Å². The molecule has 0 unspecified atom stereocenters. The van der Waals surface area contributed by atoms with E-state index in [1.807, 2.05) is 20.8 Å². The van der Waals surface area contributed by atoms with Crippen LogP contribution < -0.4 is 4.74 Å². The monoisotopic (exact) mass is 193 g/mol. The van der Waals surface area contributed by atoms with Gasteiger partial charge in [-0.05, 0) is 19.9 Å². The number of Topliss-reactive ketones (excluding diaryl/α,β-unsaturated/α-hetero) is 1. The lowest BCUT2D eigenvalue weighted by Gasteiger charge is -2.08. The summed E-state index contributed by atoms with van der Waals surface area (Å²) in [5.41, 5.74) is 0.642. The Morgan fingerprint density at radius 3 is 2.64 bits per heavy atom. The Morgan fingerprint density at radius 2 is 2.21 bits per heavy atom. The summed E-state index contributed by atoms with van der Waals surface area (Å²) in [5.74, 6) is 0.668. The minimum Gasteiger partial charge on any atom is -0.475 e. The predicted octanol–water partition coefficient (Wildman–Crippen LogP) is 2.46. The number of ketones is 1. The van der Waals surface area contributed by atoms with Gasteiger partial charge in [0.1, 0.15) is 0 Å². The van der Waals surface area contributed by atoms with Gasteiger partial charge in [0, 0.05) is 24.2 Å². The molecular weight excluding hydrogens is 178 g/mol. The van der Waals surface area contributed by atoms with Gasteiger partial charge in [0.25, 0.3) is 0 Å². The third-order valence-electron chi connectivity index (χ3n) is 1.74. The first-order chi connectivity index (χ1) is 6.63. The summed E-state index contributed by atoms with van der Waals surface area (Å²) < 4.78 is 5.36. The van der Waals surface area contributed by atoms with Gasteiger partial charge in [0.2, 0.25) is 5.88 Å². The molecule has 0 aromatic carbocycles. The first kappa shape index (κ1) is 10.7. The van der Waals surface area contributed by atoms with Crippen LogP contribution in [0.15, 0.2) is 18.3 Å². The number of rotatable bonds is 4.